The standard InChI is InChI=1S/C20H17Cl2NO2/c1-13-10-17(14(2)23(13)16-6-4-3-5-7-16)19(24)12-25-20-9-8-15(21)11-18(20)22/h3-11H,12H2,1-2H3. The van der Waals surface area contributed by atoms with Crippen molar-refractivity contribution in [3.63, 3.8) is 0 Å². The topological polar surface area (TPSA) is 31.2 Å². The number of carbonyl (C=O) groups excluding carboxylic acids is 1. The van der Waals surface area contributed by atoms with Crippen LogP contribution in [-0.2, 0) is 0 Å². The zero-order valence-corrected chi connectivity index (χ0v) is 15.4. The van der Waals surface area contributed by atoms with Crippen molar-refractivity contribution in [3.8, 4) is 11.4 Å². The molecule has 3 nitrogen and oxygen atoms in total. The maximum absolute atomic E-state index is 12.6. The Bertz CT molecular complexity index is 917. The van der Waals surface area contributed by atoms with Crippen LogP contribution >= 0.6 is 23.2 Å². The number of rotatable bonds is 5. The van der Waals surface area contributed by atoms with Gasteiger partial charge in [0.15, 0.2) is 6.61 Å². The molecule has 0 aliphatic heterocycles. The van der Waals surface area contributed by atoms with Gasteiger partial charge in [0, 0.05) is 27.7 Å². The van der Waals surface area contributed by atoms with E-state index in [4.69, 9.17) is 27.9 Å². The number of para-hydroxylation sites is 1. The Balaban J connectivity index is 1.81. The van der Waals surface area contributed by atoms with Crippen molar-refractivity contribution < 1.29 is 9.53 Å². The lowest BCUT2D eigenvalue weighted by Gasteiger charge is -2.10. The minimum atomic E-state index is -0.0960. The van der Waals surface area contributed by atoms with Crippen molar-refractivity contribution in [1.29, 1.82) is 0 Å². The summed E-state index contributed by atoms with van der Waals surface area (Å²) < 4.78 is 7.63. The predicted octanol–water partition coefficient (Wildman–Crippen LogP) is 5.66. The fourth-order valence-electron chi connectivity index (χ4n) is 2.83. The number of aryl methyl sites for hydroxylation is 1. The van der Waals surface area contributed by atoms with E-state index in [1.165, 1.54) is 0 Å². The highest BCUT2D eigenvalue weighted by molar-refractivity contribution is 6.35. The van der Waals surface area contributed by atoms with Crippen LogP contribution in [0.3, 0.4) is 0 Å². The summed E-state index contributed by atoms with van der Waals surface area (Å²) in [4.78, 5) is 12.6. The molecule has 0 N–H and O–H groups in total. The van der Waals surface area contributed by atoms with Crippen LogP contribution in [-0.4, -0.2) is 17.0 Å². The van der Waals surface area contributed by atoms with Crippen LogP contribution in [0.15, 0.2) is 54.6 Å². The van der Waals surface area contributed by atoms with E-state index in [0.717, 1.165) is 17.1 Å². The Kier molecular flexibility index (Phi) is 5.16. The second kappa shape index (κ2) is 7.34. The molecular weight excluding hydrogens is 357 g/mol. The monoisotopic (exact) mass is 373 g/mol. The molecule has 128 valence electrons. The number of carbonyl (C=O) groups is 1. The minimum absolute atomic E-state index is 0.0829. The zero-order valence-electron chi connectivity index (χ0n) is 13.9. The van der Waals surface area contributed by atoms with E-state index >= 15 is 0 Å². The third kappa shape index (κ3) is 3.73. The van der Waals surface area contributed by atoms with Crippen molar-refractivity contribution in [3.05, 3.63) is 81.6 Å². The second-order valence-electron chi connectivity index (χ2n) is 5.74. The lowest BCUT2D eigenvalue weighted by Crippen LogP contribution is -2.13. The van der Waals surface area contributed by atoms with Crippen molar-refractivity contribution >= 4 is 29.0 Å². The highest BCUT2D eigenvalue weighted by Crippen LogP contribution is 2.28. The molecule has 1 heterocycles. The minimum Gasteiger partial charge on any atom is -0.484 e. The van der Waals surface area contributed by atoms with E-state index < -0.39 is 0 Å². The van der Waals surface area contributed by atoms with Gasteiger partial charge in [-0.15, -0.1) is 0 Å². The fraction of sp³-hybridized carbons (Fsp3) is 0.150. The van der Waals surface area contributed by atoms with Crippen LogP contribution < -0.4 is 4.74 Å². The maximum Gasteiger partial charge on any atom is 0.202 e. The number of benzene rings is 2. The summed E-state index contributed by atoms with van der Waals surface area (Å²) in [6, 6.07) is 16.7. The van der Waals surface area contributed by atoms with Gasteiger partial charge in [-0.1, -0.05) is 41.4 Å². The molecule has 5 heteroatoms. The van der Waals surface area contributed by atoms with E-state index in [1.807, 2.05) is 50.2 Å². The van der Waals surface area contributed by atoms with Crippen LogP contribution in [0.25, 0.3) is 5.69 Å². The average Bonchev–Trinajstić information content (AvgIpc) is 2.89. The summed E-state index contributed by atoms with van der Waals surface area (Å²) in [6.45, 7) is 3.83. The normalized spacial score (nSPS) is 10.7. The lowest BCUT2D eigenvalue weighted by molar-refractivity contribution is 0.0921. The predicted molar refractivity (Wildman–Crippen MR) is 102 cm³/mol. The van der Waals surface area contributed by atoms with E-state index in [-0.39, 0.29) is 12.4 Å². The Morgan fingerprint density at radius 2 is 1.76 bits per heavy atom. The van der Waals surface area contributed by atoms with Gasteiger partial charge in [0.2, 0.25) is 5.78 Å². The summed E-state index contributed by atoms with van der Waals surface area (Å²) in [6.07, 6.45) is 0. The van der Waals surface area contributed by atoms with Gasteiger partial charge in [-0.2, -0.15) is 0 Å². The number of halogens is 2. The summed E-state index contributed by atoms with van der Waals surface area (Å²) in [5, 5.41) is 0.908. The van der Waals surface area contributed by atoms with Crippen molar-refractivity contribution in [2.24, 2.45) is 0 Å². The number of nitrogens with zero attached hydrogens (tertiary/aromatic N) is 1. The van der Waals surface area contributed by atoms with Gasteiger partial charge in [-0.3, -0.25) is 4.79 Å². The number of aromatic nitrogens is 1. The summed E-state index contributed by atoms with van der Waals surface area (Å²) >= 11 is 11.9. The number of Topliss-reactive ketones (excluding diaryl/α,β-unsaturated/α-hetero) is 1. The number of hydrogen-bond donors (Lipinski definition) is 0. The van der Waals surface area contributed by atoms with E-state index in [0.29, 0.717) is 21.4 Å². The highest BCUT2D eigenvalue weighted by Gasteiger charge is 2.17. The van der Waals surface area contributed by atoms with Crippen molar-refractivity contribution in [1.82, 2.24) is 4.57 Å². The van der Waals surface area contributed by atoms with Crippen LogP contribution in [0, 0.1) is 13.8 Å². The van der Waals surface area contributed by atoms with Crippen LogP contribution in [0.5, 0.6) is 5.75 Å². The molecule has 0 saturated carbocycles. The molecule has 3 rings (SSSR count). The Morgan fingerprint density at radius 3 is 2.44 bits per heavy atom. The molecule has 25 heavy (non-hydrogen) atoms. The van der Waals surface area contributed by atoms with Crippen LogP contribution in [0.1, 0.15) is 21.7 Å². The van der Waals surface area contributed by atoms with Gasteiger partial charge < -0.3 is 9.30 Å². The van der Waals surface area contributed by atoms with Gasteiger partial charge in [-0.25, -0.2) is 0 Å². The molecule has 2 aromatic carbocycles. The second-order valence-corrected chi connectivity index (χ2v) is 6.59. The molecule has 3 aromatic rings. The van der Waals surface area contributed by atoms with E-state index in [2.05, 4.69) is 4.57 Å². The Hall–Kier alpha value is -2.23. The van der Waals surface area contributed by atoms with Gasteiger partial charge in [-0.05, 0) is 50.2 Å². The Morgan fingerprint density at radius 1 is 1.04 bits per heavy atom. The SMILES string of the molecule is Cc1cc(C(=O)COc2ccc(Cl)cc2Cl)c(C)n1-c1ccccc1. The zero-order chi connectivity index (χ0) is 18.0. The quantitative estimate of drug-likeness (QED) is 0.540. The third-order valence-electron chi connectivity index (χ3n) is 4.00. The molecule has 0 radical (unpaired) electrons. The van der Waals surface area contributed by atoms with Crippen LogP contribution in [0.4, 0.5) is 0 Å². The van der Waals surface area contributed by atoms with Gasteiger partial charge in [0.25, 0.3) is 0 Å². The fourth-order valence-corrected chi connectivity index (χ4v) is 3.30. The molecule has 1 aromatic heterocycles. The van der Waals surface area contributed by atoms with E-state index in [1.54, 1.807) is 18.2 Å². The largest absolute Gasteiger partial charge is 0.484 e. The van der Waals surface area contributed by atoms with Gasteiger partial charge in [0.1, 0.15) is 5.75 Å². The first-order chi connectivity index (χ1) is 12.0. The first-order valence-electron chi connectivity index (χ1n) is 7.83. The average molecular weight is 374 g/mol. The number of hydrogen-bond acceptors (Lipinski definition) is 2. The molecular formula is C20H17Cl2NO2. The van der Waals surface area contributed by atoms with Crippen LogP contribution in [0.2, 0.25) is 10.0 Å². The Labute approximate surface area is 156 Å². The van der Waals surface area contributed by atoms with E-state index in [9.17, 15) is 4.79 Å². The smallest absolute Gasteiger partial charge is 0.202 e. The molecule has 0 amide bonds. The summed E-state index contributed by atoms with van der Waals surface area (Å²) in [7, 11) is 0. The molecule has 0 unspecified atom stereocenters. The summed E-state index contributed by atoms with van der Waals surface area (Å²) in [5.41, 5.74) is 3.56. The molecule has 0 atom stereocenters. The highest BCUT2D eigenvalue weighted by atomic mass is 35.5. The van der Waals surface area contributed by atoms with Gasteiger partial charge >= 0.3 is 0 Å². The van der Waals surface area contributed by atoms with Gasteiger partial charge in [0.05, 0.1) is 5.02 Å². The van der Waals surface area contributed by atoms with Crippen molar-refractivity contribution in [2.45, 2.75) is 13.8 Å². The number of ether oxygens (including phenoxy) is 1. The molecule has 0 spiro atoms. The van der Waals surface area contributed by atoms with Crippen molar-refractivity contribution in [2.75, 3.05) is 6.61 Å². The summed E-state index contributed by atoms with van der Waals surface area (Å²) in [5.74, 6) is 0.345. The molecule has 0 saturated heterocycles. The molecule has 0 aliphatic rings. The first-order valence-corrected chi connectivity index (χ1v) is 8.58. The lowest BCUT2D eigenvalue weighted by atomic mass is 10.1. The maximum atomic E-state index is 12.6. The number of ketones is 1. The first kappa shape index (κ1) is 17.6. The molecule has 0 bridgehead atoms. The molecule has 0 aliphatic carbocycles. The third-order valence-corrected chi connectivity index (χ3v) is 4.53. The molecule has 0 fully saturated rings.